The molecule has 0 N–H and O–H groups in total. The lowest BCUT2D eigenvalue weighted by Crippen LogP contribution is -2.06. The van der Waals surface area contributed by atoms with Crippen LogP contribution in [0.15, 0.2) is 35.1 Å². The van der Waals surface area contributed by atoms with E-state index in [1.807, 2.05) is 18.2 Å². The van der Waals surface area contributed by atoms with Crippen molar-refractivity contribution in [1.82, 2.24) is 0 Å². The highest BCUT2D eigenvalue weighted by Crippen LogP contribution is 2.44. The topological polar surface area (TPSA) is 20.5 Å². The lowest BCUT2D eigenvalue weighted by molar-refractivity contribution is -0.418. The Morgan fingerprint density at radius 2 is 1.93 bits per heavy atom. The highest BCUT2D eigenvalue weighted by atomic mass is 35.5. The first-order valence-electron chi connectivity index (χ1n) is 4.56. The van der Waals surface area contributed by atoms with E-state index in [1.165, 1.54) is 0 Å². The number of allylic oxidation sites excluding steroid dienone is 5. The van der Waals surface area contributed by atoms with Gasteiger partial charge in [0.05, 0.1) is 29.5 Å². The second kappa shape index (κ2) is 4.03. The number of ether oxygens (including phenoxy) is 1. The van der Waals surface area contributed by atoms with Crippen molar-refractivity contribution in [3.63, 3.8) is 0 Å². The van der Waals surface area contributed by atoms with Crippen LogP contribution in [0.5, 0.6) is 0 Å². The molecule has 0 saturated heterocycles. The summed E-state index contributed by atoms with van der Waals surface area (Å²) in [6.45, 7) is 0. The molecule has 2 nitrogen and oxygen atoms in total. The standard InChI is InChI=1S/C11H11Cl2O2/c1-14-6-3-4-7(8(5-6)15-2)9-10(12)11(9)13/h3-5,10-11H,1-2H3/q+1. The molecule has 15 heavy (non-hydrogen) atoms. The van der Waals surface area contributed by atoms with Crippen LogP contribution in [-0.2, 0) is 9.16 Å². The summed E-state index contributed by atoms with van der Waals surface area (Å²) in [5.41, 5.74) is 2.00. The van der Waals surface area contributed by atoms with E-state index < -0.39 is 0 Å². The summed E-state index contributed by atoms with van der Waals surface area (Å²) in [5, 5.41) is -0.150. The largest absolute Gasteiger partial charge is 0.496 e. The van der Waals surface area contributed by atoms with Crippen LogP contribution in [0.1, 0.15) is 0 Å². The Labute approximate surface area is 98.5 Å². The molecule has 2 aliphatic rings. The molecule has 0 aromatic heterocycles. The van der Waals surface area contributed by atoms with Gasteiger partial charge in [-0.2, -0.15) is 0 Å². The van der Waals surface area contributed by atoms with Crippen molar-refractivity contribution in [2.24, 2.45) is 0 Å². The Morgan fingerprint density at radius 3 is 2.40 bits per heavy atom. The van der Waals surface area contributed by atoms with Gasteiger partial charge in [0.15, 0.2) is 0 Å². The third-order valence-electron chi connectivity index (χ3n) is 2.46. The van der Waals surface area contributed by atoms with Crippen molar-refractivity contribution in [3.05, 3.63) is 35.1 Å². The molecule has 0 aromatic rings. The van der Waals surface area contributed by atoms with Crippen molar-refractivity contribution in [2.75, 3.05) is 14.2 Å². The van der Waals surface area contributed by atoms with Crippen molar-refractivity contribution < 1.29 is 9.16 Å². The average Bonchev–Trinajstić information content (AvgIpc) is 2.86. The molecule has 1 fully saturated rings. The molecule has 4 heteroatoms. The summed E-state index contributed by atoms with van der Waals surface area (Å²) < 4.78 is 10.4. The van der Waals surface area contributed by atoms with Gasteiger partial charge in [-0.3, -0.25) is 4.42 Å². The second-order valence-electron chi connectivity index (χ2n) is 3.33. The van der Waals surface area contributed by atoms with Gasteiger partial charge in [0.1, 0.15) is 5.76 Å². The molecule has 0 aromatic carbocycles. The highest BCUT2D eigenvalue weighted by Gasteiger charge is 2.46. The van der Waals surface area contributed by atoms with Gasteiger partial charge >= 0.3 is 5.78 Å². The van der Waals surface area contributed by atoms with Crippen LogP contribution < -0.4 is 0 Å². The third-order valence-corrected chi connectivity index (χ3v) is 3.56. The number of hydrogen-bond donors (Lipinski definition) is 0. The summed E-state index contributed by atoms with van der Waals surface area (Å²) >= 11 is 12.0. The van der Waals surface area contributed by atoms with E-state index >= 15 is 0 Å². The monoisotopic (exact) mass is 245 g/mol. The summed E-state index contributed by atoms with van der Waals surface area (Å²) in [4.78, 5) is 0. The van der Waals surface area contributed by atoms with Crippen LogP contribution in [0.3, 0.4) is 0 Å². The molecule has 0 bridgehead atoms. The van der Waals surface area contributed by atoms with Crippen LogP contribution in [0.25, 0.3) is 0 Å². The lowest BCUT2D eigenvalue weighted by Gasteiger charge is -2.03. The number of methoxy groups -OCH3 is 1. The van der Waals surface area contributed by atoms with E-state index in [2.05, 4.69) is 0 Å². The molecular weight excluding hydrogens is 235 g/mol. The van der Waals surface area contributed by atoms with E-state index in [9.17, 15) is 0 Å². The first-order chi connectivity index (χ1) is 7.19. The number of ketones is 1. The van der Waals surface area contributed by atoms with E-state index in [1.54, 1.807) is 14.2 Å². The number of halogens is 2. The van der Waals surface area contributed by atoms with Crippen molar-refractivity contribution in [3.8, 4) is 0 Å². The molecule has 2 unspecified atom stereocenters. The zero-order chi connectivity index (χ0) is 11.0. The molecule has 2 rings (SSSR count). The van der Waals surface area contributed by atoms with Gasteiger partial charge in [-0.15, -0.1) is 23.2 Å². The zero-order valence-corrected chi connectivity index (χ0v) is 9.97. The fourth-order valence-electron chi connectivity index (χ4n) is 1.54. The van der Waals surface area contributed by atoms with E-state index in [0.717, 1.165) is 22.7 Å². The van der Waals surface area contributed by atoms with Gasteiger partial charge in [-0.1, -0.05) is 0 Å². The Balaban J connectivity index is 2.36. The van der Waals surface area contributed by atoms with Crippen LogP contribution in [-0.4, -0.2) is 30.8 Å². The Bertz CT molecular complexity index is 395. The van der Waals surface area contributed by atoms with Gasteiger partial charge < -0.3 is 4.74 Å². The third kappa shape index (κ3) is 1.84. The lowest BCUT2D eigenvalue weighted by atomic mass is 10.0. The predicted octanol–water partition coefficient (Wildman–Crippen LogP) is 2.35. The minimum Gasteiger partial charge on any atom is -0.496 e. The number of hydrogen-bond acceptors (Lipinski definition) is 1. The fourth-order valence-corrected chi connectivity index (χ4v) is 2.23. The van der Waals surface area contributed by atoms with Gasteiger partial charge in [0, 0.05) is 0 Å². The number of rotatable bonds is 1. The smallest absolute Gasteiger partial charge is 0.353 e. The van der Waals surface area contributed by atoms with Crippen molar-refractivity contribution in [1.29, 1.82) is 0 Å². The van der Waals surface area contributed by atoms with Crippen LogP contribution in [0, 0.1) is 0 Å². The predicted molar refractivity (Wildman–Crippen MR) is 61.5 cm³/mol. The molecule has 0 heterocycles. The maximum absolute atomic E-state index is 5.98. The minimum atomic E-state index is -0.0750. The summed E-state index contributed by atoms with van der Waals surface area (Å²) in [5.74, 6) is 1.51. The highest BCUT2D eigenvalue weighted by molar-refractivity contribution is 6.39. The van der Waals surface area contributed by atoms with E-state index in [4.69, 9.17) is 32.4 Å². The normalized spacial score (nSPS) is 32.0. The minimum absolute atomic E-state index is 0.0750. The first kappa shape index (κ1) is 10.8. The summed E-state index contributed by atoms with van der Waals surface area (Å²) in [7, 11) is 3.24. The maximum Gasteiger partial charge on any atom is 0.353 e. The van der Waals surface area contributed by atoms with Gasteiger partial charge in [-0.25, -0.2) is 0 Å². The van der Waals surface area contributed by atoms with Gasteiger partial charge in [-0.05, 0) is 17.7 Å². The molecule has 2 aliphatic carbocycles. The summed E-state index contributed by atoms with van der Waals surface area (Å²) in [6, 6.07) is 0. The molecule has 0 spiro atoms. The molecule has 1 saturated carbocycles. The summed E-state index contributed by atoms with van der Waals surface area (Å²) in [6.07, 6.45) is 5.62. The Kier molecular flexibility index (Phi) is 2.89. The zero-order valence-electron chi connectivity index (χ0n) is 8.46. The van der Waals surface area contributed by atoms with E-state index in [0.29, 0.717) is 0 Å². The Morgan fingerprint density at radius 1 is 1.27 bits per heavy atom. The van der Waals surface area contributed by atoms with Crippen LogP contribution in [0.2, 0.25) is 0 Å². The van der Waals surface area contributed by atoms with Crippen LogP contribution >= 0.6 is 23.2 Å². The Hall–Kier alpha value is -0.730. The second-order valence-corrected chi connectivity index (χ2v) is 4.27. The average molecular weight is 246 g/mol. The molecular formula is C11H11Cl2O2+. The molecule has 80 valence electrons. The number of carbonyl (C=O) groups excluding carboxylic acids is 1. The molecule has 2 atom stereocenters. The quantitative estimate of drug-likeness (QED) is 0.395. The fraction of sp³-hybridized carbons (Fsp3) is 0.364. The molecule has 0 aliphatic heterocycles. The first-order valence-corrected chi connectivity index (χ1v) is 5.43. The maximum atomic E-state index is 5.98. The van der Waals surface area contributed by atoms with Gasteiger partial charge in [0.25, 0.3) is 7.11 Å². The van der Waals surface area contributed by atoms with Crippen LogP contribution in [0.4, 0.5) is 0 Å². The number of alkyl halides is 2. The molecule has 0 radical (unpaired) electrons. The van der Waals surface area contributed by atoms with E-state index in [-0.39, 0.29) is 10.8 Å². The SMILES string of the molecule is COC1=CC(=[O+]C)C(=C2C(Cl)C2Cl)C=C1. The van der Waals surface area contributed by atoms with Crippen molar-refractivity contribution >= 4 is 29.0 Å². The van der Waals surface area contributed by atoms with Crippen molar-refractivity contribution in [2.45, 2.75) is 10.8 Å². The molecule has 0 amide bonds. The van der Waals surface area contributed by atoms with Gasteiger partial charge in [0.2, 0.25) is 0 Å².